The van der Waals surface area contributed by atoms with Crippen LogP contribution in [0.25, 0.3) is 0 Å². The van der Waals surface area contributed by atoms with Gasteiger partial charge in [-0.15, -0.1) is 0 Å². The number of benzene rings is 2. The minimum Gasteiger partial charge on any atom is -0.482 e. The van der Waals surface area contributed by atoms with Crippen LogP contribution in [0.5, 0.6) is 5.75 Å². The van der Waals surface area contributed by atoms with E-state index in [0.29, 0.717) is 17.9 Å². The molecule has 0 saturated heterocycles. The first-order chi connectivity index (χ1) is 11.6. The molecule has 24 heavy (non-hydrogen) atoms. The van der Waals surface area contributed by atoms with Crippen molar-refractivity contribution in [3.8, 4) is 11.8 Å². The van der Waals surface area contributed by atoms with Gasteiger partial charge in [-0.3, -0.25) is 4.79 Å². The Labute approximate surface area is 142 Å². The molecule has 1 amide bonds. The van der Waals surface area contributed by atoms with Crippen LogP contribution in [-0.2, 0) is 17.9 Å². The minimum atomic E-state index is -0.213. The molecule has 2 aromatic carbocycles. The zero-order valence-electron chi connectivity index (χ0n) is 14.0. The molecule has 5 heteroatoms. The lowest BCUT2D eigenvalue weighted by Gasteiger charge is -2.13. The van der Waals surface area contributed by atoms with Crippen LogP contribution in [0.2, 0.25) is 0 Å². The van der Waals surface area contributed by atoms with E-state index < -0.39 is 0 Å². The fourth-order valence-corrected chi connectivity index (χ4v) is 2.36. The number of para-hydroxylation sites is 1. The van der Waals surface area contributed by atoms with Gasteiger partial charge in [0.2, 0.25) is 0 Å². The van der Waals surface area contributed by atoms with Crippen molar-refractivity contribution >= 4 is 5.91 Å². The average molecular weight is 324 g/mol. The number of nitrogens with zero attached hydrogens (tertiary/aromatic N) is 1. The van der Waals surface area contributed by atoms with Crippen LogP contribution in [0.15, 0.2) is 48.5 Å². The number of hydrogen-bond acceptors (Lipinski definition) is 3. The SMILES string of the molecule is C[NH+](C)Cc1ccccc1CNC(=O)COc1ccccc1C#N. The largest absolute Gasteiger partial charge is 0.482 e. The smallest absolute Gasteiger partial charge is 0.258 e. The fraction of sp³-hybridized carbons (Fsp3) is 0.263. The van der Waals surface area contributed by atoms with Gasteiger partial charge in [0, 0.05) is 12.1 Å². The number of rotatable bonds is 7. The maximum Gasteiger partial charge on any atom is 0.258 e. The van der Waals surface area contributed by atoms with Crippen LogP contribution in [0, 0.1) is 11.3 Å². The number of nitrogens with one attached hydrogen (secondary N) is 2. The number of nitriles is 1. The summed E-state index contributed by atoms with van der Waals surface area (Å²) in [5, 5.41) is 11.9. The topological polar surface area (TPSA) is 66.6 Å². The first-order valence-electron chi connectivity index (χ1n) is 7.84. The molecule has 0 spiro atoms. The lowest BCUT2D eigenvalue weighted by atomic mass is 10.1. The molecule has 2 N–H and O–H groups in total. The zero-order chi connectivity index (χ0) is 17.4. The van der Waals surface area contributed by atoms with Crippen molar-refractivity contribution < 1.29 is 14.4 Å². The lowest BCUT2D eigenvalue weighted by molar-refractivity contribution is -0.872. The normalized spacial score (nSPS) is 10.2. The predicted octanol–water partition coefficient (Wildman–Crippen LogP) is 0.898. The van der Waals surface area contributed by atoms with Gasteiger partial charge in [0.15, 0.2) is 6.61 Å². The molecule has 0 bridgehead atoms. The Morgan fingerprint density at radius 3 is 2.50 bits per heavy atom. The summed E-state index contributed by atoms with van der Waals surface area (Å²) in [7, 11) is 4.19. The van der Waals surface area contributed by atoms with Crippen molar-refractivity contribution in [2.45, 2.75) is 13.1 Å². The van der Waals surface area contributed by atoms with Crippen molar-refractivity contribution in [1.29, 1.82) is 5.26 Å². The van der Waals surface area contributed by atoms with Crippen LogP contribution < -0.4 is 15.0 Å². The van der Waals surface area contributed by atoms with E-state index in [0.717, 1.165) is 12.1 Å². The molecule has 0 heterocycles. The minimum absolute atomic E-state index is 0.111. The molecule has 2 rings (SSSR count). The zero-order valence-corrected chi connectivity index (χ0v) is 14.0. The van der Waals surface area contributed by atoms with Gasteiger partial charge < -0.3 is 15.0 Å². The van der Waals surface area contributed by atoms with E-state index in [1.165, 1.54) is 10.5 Å². The third-order valence-electron chi connectivity index (χ3n) is 3.50. The number of ether oxygens (including phenoxy) is 1. The van der Waals surface area contributed by atoms with E-state index in [2.05, 4.69) is 25.5 Å². The van der Waals surface area contributed by atoms with Crippen molar-refractivity contribution in [2.24, 2.45) is 0 Å². The van der Waals surface area contributed by atoms with Crippen LogP contribution in [0.3, 0.4) is 0 Å². The maximum atomic E-state index is 12.0. The summed E-state index contributed by atoms with van der Waals surface area (Å²) in [6, 6.07) is 17.0. The van der Waals surface area contributed by atoms with Gasteiger partial charge >= 0.3 is 0 Å². The molecule has 0 aromatic heterocycles. The van der Waals surface area contributed by atoms with Crippen molar-refractivity contribution in [2.75, 3.05) is 20.7 Å². The molecule has 5 nitrogen and oxygen atoms in total. The lowest BCUT2D eigenvalue weighted by Crippen LogP contribution is -3.04. The van der Waals surface area contributed by atoms with E-state index in [1.54, 1.807) is 24.3 Å². The summed E-state index contributed by atoms with van der Waals surface area (Å²) in [5.74, 6) is 0.210. The van der Waals surface area contributed by atoms with Crippen LogP contribution >= 0.6 is 0 Å². The summed E-state index contributed by atoms with van der Waals surface area (Å²) in [6.45, 7) is 1.25. The molecular weight excluding hydrogens is 302 g/mol. The van der Waals surface area contributed by atoms with Gasteiger partial charge in [-0.05, 0) is 17.7 Å². The van der Waals surface area contributed by atoms with Crippen LogP contribution in [0.1, 0.15) is 16.7 Å². The van der Waals surface area contributed by atoms with E-state index in [4.69, 9.17) is 10.00 Å². The van der Waals surface area contributed by atoms with Gasteiger partial charge in [0.1, 0.15) is 18.4 Å². The molecule has 0 radical (unpaired) electrons. The number of quaternary nitrogens is 1. The van der Waals surface area contributed by atoms with E-state index in [9.17, 15) is 4.79 Å². The van der Waals surface area contributed by atoms with Gasteiger partial charge in [-0.1, -0.05) is 36.4 Å². The highest BCUT2D eigenvalue weighted by Gasteiger charge is 2.09. The summed E-state index contributed by atoms with van der Waals surface area (Å²) in [6.07, 6.45) is 0. The van der Waals surface area contributed by atoms with E-state index in [1.807, 2.05) is 24.3 Å². The summed E-state index contributed by atoms with van der Waals surface area (Å²) >= 11 is 0. The summed E-state index contributed by atoms with van der Waals surface area (Å²) in [5.41, 5.74) is 2.74. The highest BCUT2D eigenvalue weighted by Crippen LogP contribution is 2.16. The second kappa shape index (κ2) is 8.70. The number of carbonyl (C=O) groups is 1. The second-order valence-corrected chi connectivity index (χ2v) is 5.83. The summed E-state index contributed by atoms with van der Waals surface area (Å²) < 4.78 is 5.43. The molecule has 0 saturated carbocycles. The monoisotopic (exact) mass is 324 g/mol. The maximum absolute atomic E-state index is 12.0. The fourth-order valence-electron chi connectivity index (χ4n) is 2.36. The molecule has 0 atom stereocenters. The molecule has 0 aliphatic heterocycles. The molecule has 0 aliphatic rings. The Hall–Kier alpha value is -2.84. The highest BCUT2D eigenvalue weighted by atomic mass is 16.5. The van der Waals surface area contributed by atoms with Crippen LogP contribution in [0.4, 0.5) is 0 Å². The van der Waals surface area contributed by atoms with E-state index in [-0.39, 0.29) is 12.5 Å². The standard InChI is InChI=1S/C19H21N3O2/c1-22(2)13-17-9-4-3-8-16(17)12-21-19(23)14-24-18-10-6-5-7-15(18)11-20/h3-10H,12-14H2,1-2H3,(H,21,23)/p+1. The van der Waals surface area contributed by atoms with Gasteiger partial charge in [0.25, 0.3) is 5.91 Å². The van der Waals surface area contributed by atoms with Crippen molar-refractivity contribution in [3.63, 3.8) is 0 Å². The Bertz CT molecular complexity index is 735. The van der Waals surface area contributed by atoms with Crippen molar-refractivity contribution in [1.82, 2.24) is 5.32 Å². The molecule has 0 fully saturated rings. The Morgan fingerprint density at radius 1 is 1.12 bits per heavy atom. The third kappa shape index (κ3) is 5.11. The second-order valence-electron chi connectivity index (χ2n) is 5.83. The number of amides is 1. The predicted molar refractivity (Wildman–Crippen MR) is 91.5 cm³/mol. The third-order valence-corrected chi connectivity index (χ3v) is 3.50. The van der Waals surface area contributed by atoms with Crippen LogP contribution in [-0.4, -0.2) is 26.6 Å². The molecule has 0 unspecified atom stereocenters. The van der Waals surface area contributed by atoms with Gasteiger partial charge in [-0.2, -0.15) is 5.26 Å². The molecular formula is C19H22N3O2+. The quantitative estimate of drug-likeness (QED) is 0.795. The Kier molecular flexibility index (Phi) is 6.35. The van der Waals surface area contributed by atoms with E-state index >= 15 is 0 Å². The van der Waals surface area contributed by atoms with Crippen molar-refractivity contribution in [3.05, 3.63) is 65.2 Å². The number of hydrogen-bond donors (Lipinski definition) is 2. The first-order valence-corrected chi connectivity index (χ1v) is 7.84. The molecule has 2 aromatic rings. The van der Waals surface area contributed by atoms with Gasteiger partial charge in [-0.25, -0.2) is 0 Å². The molecule has 124 valence electrons. The number of carbonyl (C=O) groups excluding carboxylic acids is 1. The summed E-state index contributed by atoms with van der Waals surface area (Å²) in [4.78, 5) is 13.3. The Balaban J connectivity index is 1.89. The first kappa shape index (κ1) is 17.5. The Morgan fingerprint density at radius 2 is 1.79 bits per heavy atom. The molecule has 0 aliphatic carbocycles. The average Bonchev–Trinajstić information content (AvgIpc) is 2.59. The highest BCUT2D eigenvalue weighted by molar-refractivity contribution is 5.77. The van der Waals surface area contributed by atoms with Gasteiger partial charge in [0.05, 0.1) is 19.7 Å².